The molecule has 1 unspecified atom stereocenters. The lowest BCUT2D eigenvalue weighted by molar-refractivity contribution is 0.129. The van der Waals surface area contributed by atoms with Crippen molar-refractivity contribution in [1.29, 1.82) is 0 Å². The maximum absolute atomic E-state index is 13.6. The molecule has 1 saturated heterocycles. The standard InChI is InChI=1S/C13H12FIN4O2/c1-8-5-18(17-16-8)6-10-7-19(13(20)21-10)9-2-3-12(15)11(14)4-9/h2-5,10H,6-7H2,1H3. The summed E-state index contributed by atoms with van der Waals surface area (Å²) in [5, 5.41) is 7.81. The molecular weight excluding hydrogens is 390 g/mol. The zero-order valence-electron chi connectivity index (χ0n) is 11.2. The van der Waals surface area contributed by atoms with Crippen molar-refractivity contribution >= 4 is 34.4 Å². The van der Waals surface area contributed by atoms with Gasteiger partial charge in [0.05, 0.1) is 24.5 Å². The first-order chi connectivity index (χ1) is 10.0. The van der Waals surface area contributed by atoms with E-state index in [-0.39, 0.29) is 11.9 Å². The van der Waals surface area contributed by atoms with Crippen molar-refractivity contribution in [1.82, 2.24) is 15.0 Å². The second-order valence-electron chi connectivity index (χ2n) is 4.80. The molecule has 1 aliphatic rings. The van der Waals surface area contributed by atoms with E-state index in [2.05, 4.69) is 10.3 Å². The van der Waals surface area contributed by atoms with Gasteiger partial charge in [0, 0.05) is 9.77 Å². The number of rotatable bonds is 3. The molecule has 6 nitrogen and oxygen atoms in total. The molecule has 0 radical (unpaired) electrons. The molecule has 21 heavy (non-hydrogen) atoms. The molecule has 0 N–H and O–H groups in total. The van der Waals surface area contributed by atoms with E-state index in [0.717, 1.165) is 5.69 Å². The van der Waals surface area contributed by atoms with Crippen LogP contribution in [0, 0.1) is 16.3 Å². The molecule has 1 atom stereocenters. The van der Waals surface area contributed by atoms with Crippen molar-refractivity contribution in [3.63, 3.8) is 0 Å². The molecule has 0 saturated carbocycles. The van der Waals surface area contributed by atoms with Gasteiger partial charge in [-0.25, -0.2) is 13.9 Å². The number of carbonyl (C=O) groups is 1. The number of aryl methyl sites for hydroxylation is 1. The highest BCUT2D eigenvalue weighted by Gasteiger charge is 2.33. The molecule has 1 aromatic heterocycles. The molecule has 2 heterocycles. The number of hydrogen-bond acceptors (Lipinski definition) is 4. The molecule has 110 valence electrons. The van der Waals surface area contributed by atoms with Gasteiger partial charge in [-0.05, 0) is 47.7 Å². The van der Waals surface area contributed by atoms with Crippen LogP contribution in [0.3, 0.4) is 0 Å². The summed E-state index contributed by atoms with van der Waals surface area (Å²) in [5.41, 5.74) is 1.30. The van der Waals surface area contributed by atoms with Gasteiger partial charge in [0.2, 0.25) is 0 Å². The quantitative estimate of drug-likeness (QED) is 0.740. The summed E-state index contributed by atoms with van der Waals surface area (Å²) in [6, 6.07) is 4.67. The van der Waals surface area contributed by atoms with Crippen LogP contribution in [0.5, 0.6) is 0 Å². The van der Waals surface area contributed by atoms with Crippen molar-refractivity contribution in [2.24, 2.45) is 0 Å². The number of amides is 1. The van der Waals surface area contributed by atoms with Crippen LogP contribution in [0.1, 0.15) is 5.69 Å². The largest absolute Gasteiger partial charge is 0.442 e. The van der Waals surface area contributed by atoms with Crippen molar-refractivity contribution < 1.29 is 13.9 Å². The molecule has 0 spiro atoms. The molecule has 0 aliphatic carbocycles. The van der Waals surface area contributed by atoms with Gasteiger partial charge in [0.1, 0.15) is 11.9 Å². The third-order valence-electron chi connectivity index (χ3n) is 3.13. The number of hydrogen-bond donors (Lipinski definition) is 0. The van der Waals surface area contributed by atoms with E-state index in [4.69, 9.17) is 4.74 Å². The minimum absolute atomic E-state index is 0.332. The third-order valence-corrected chi connectivity index (χ3v) is 4.01. The maximum atomic E-state index is 13.6. The Morgan fingerprint density at radius 3 is 3.00 bits per heavy atom. The van der Waals surface area contributed by atoms with E-state index in [1.165, 1.54) is 11.0 Å². The van der Waals surface area contributed by atoms with E-state index in [9.17, 15) is 9.18 Å². The highest BCUT2D eigenvalue weighted by atomic mass is 127. The predicted molar refractivity (Wildman–Crippen MR) is 81.5 cm³/mol. The highest BCUT2D eigenvalue weighted by molar-refractivity contribution is 14.1. The second-order valence-corrected chi connectivity index (χ2v) is 5.96. The van der Waals surface area contributed by atoms with Gasteiger partial charge in [-0.2, -0.15) is 0 Å². The van der Waals surface area contributed by atoms with Crippen LogP contribution in [0.15, 0.2) is 24.4 Å². The van der Waals surface area contributed by atoms with Crippen LogP contribution in [0.25, 0.3) is 0 Å². The maximum Gasteiger partial charge on any atom is 0.414 e. The van der Waals surface area contributed by atoms with Crippen LogP contribution in [0.2, 0.25) is 0 Å². The smallest absolute Gasteiger partial charge is 0.414 e. The lowest BCUT2D eigenvalue weighted by atomic mass is 10.2. The van der Waals surface area contributed by atoms with Crippen LogP contribution < -0.4 is 4.90 Å². The Bertz CT molecular complexity index is 691. The SMILES string of the molecule is Cc1cn(CC2CN(c3ccc(I)c(F)c3)C(=O)O2)nn1. The first-order valence-corrected chi connectivity index (χ1v) is 7.41. The Kier molecular flexibility index (Phi) is 3.79. The fourth-order valence-electron chi connectivity index (χ4n) is 2.17. The summed E-state index contributed by atoms with van der Waals surface area (Å²) in [6.45, 7) is 2.62. The Morgan fingerprint density at radius 2 is 2.33 bits per heavy atom. The van der Waals surface area contributed by atoms with Crippen LogP contribution in [-0.4, -0.2) is 33.7 Å². The van der Waals surface area contributed by atoms with Gasteiger partial charge in [-0.15, -0.1) is 5.10 Å². The molecule has 0 bridgehead atoms. The monoisotopic (exact) mass is 402 g/mol. The van der Waals surface area contributed by atoms with Gasteiger partial charge in [0.15, 0.2) is 0 Å². The molecule has 1 aromatic carbocycles. The van der Waals surface area contributed by atoms with Crippen molar-refractivity contribution in [3.05, 3.63) is 39.5 Å². The number of nitrogens with zero attached hydrogens (tertiary/aromatic N) is 4. The number of ether oxygens (including phenoxy) is 1. The van der Waals surface area contributed by atoms with Crippen molar-refractivity contribution in [2.75, 3.05) is 11.4 Å². The van der Waals surface area contributed by atoms with Crippen molar-refractivity contribution in [2.45, 2.75) is 19.6 Å². The minimum Gasteiger partial charge on any atom is -0.442 e. The number of halogens is 2. The molecule has 8 heteroatoms. The Hall–Kier alpha value is -1.71. The lowest BCUT2D eigenvalue weighted by Gasteiger charge is -2.13. The zero-order chi connectivity index (χ0) is 15.0. The summed E-state index contributed by atoms with van der Waals surface area (Å²) in [4.78, 5) is 13.3. The Morgan fingerprint density at radius 1 is 1.52 bits per heavy atom. The zero-order valence-corrected chi connectivity index (χ0v) is 13.3. The Labute approximate surface area is 134 Å². The first-order valence-electron chi connectivity index (χ1n) is 6.33. The molecule has 1 aliphatic heterocycles. The highest BCUT2D eigenvalue weighted by Crippen LogP contribution is 2.25. The average Bonchev–Trinajstić information content (AvgIpc) is 3.00. The lowest BCUT2D eigenvalue weighted by Crippen LogP contribution is -2.26. The minimum atomic E-state index is -0.475. The molecule has 3 rings (SSSR count). The molecule has 2 aromatic rings. The number of carbonyl (C=O) groups excluding carboxylic acids is 1. The predicted octanol–water partition coefficient (Wildman–Crippen LogP) is 2.36. The summed E-state index contributed by atoms with van der Waals surface area (Å²) in [5.74, 6) is -0.351. The molecular formula is C13H12FIN4O2. The van der Waals surface area contributed by atoms with Gasteiger partial charge in [-0.3, -0.25) is 4.90 Å². The van der Waals surface area contributed by atoms with Gasteiger partial charge in [-0.1, -0.05) is 5.21 Å². The average molecular weight is 402 g/mol. The molecule has 1 amide bonds. The number of aromatic nitrogens is 3. The number of anilines is 1. The third kappa shape index (κ3) is 2.99. The summed E-state index contributed by atoms with van der Waals surface area (Å²) in [6.07, 6.45) is 0.972. The number of cyclic esters (lactones) is 1. The van der Waals surface area contributed by atoms with Gasteiger partial charge < -0.3 is 4.74 Å². The fourth-order valence-corrected chi connectivity index (χ4v) is 2.51. The van der Waals surface area contributed by atoms with Gasteiger partial charge in [0.25, 0.3) is 0 Å². The summed E-state index contributed by atoms with van der Waals surface area (Å²) >= 11 is 1.90. The Balaban J connectivity index is 1.73. The van der Waals surface area contributed by atoms with E-state index in [1.807, 2.05) is 29.5 Å². The fraction of sp³-hybridized carbons (Fsp3) is 0.308. The summed E-state index contributed by atoms with van der Waals surface area (Å²) in [7, 11) is 0. The van der Waals surface area contributed by atoms with E-state index in [0.29, 0.717) is 22.3 Å². The van der Waals surface area contributed by atoms with Crippen molar-refractivity contribution in [3.8, 4) is 0 Å². The first kappa shape index (κ1) is 14.2. The second kappa shape index (κ2) is 5.58. The van der Waals surface area contributed by atoms with E-state index >= 15 is 0 Å². The molecule has 1 fully saturated rings. The van der Waals surface area contributed by atoms with Crippen LogP contribution in [0.4, 0.5) is 14.9 Å². The topological polar surface area (TPSA) is 60.2 Å². The number of benzene rings is 1. The summed E-state index contributed by atoms with van der Waals surface area (Å²) < 4.78 is 21.0. The normalized spacial score (nSPS) is 18.1. The van der Waals surface area contributed by atoms with E-state index < -0.39 is 6.09 Å². The van der Waals surface area contributed by atoms with E-state index in [1.54, 1.807) is 23.0 Å². The van der Waals surface area contributed by atoms with Crippen LogP contribution >= 0.6 is 22.6 Å². The van der Waals surface area contributed by atoms with Gasteiger partial charge >= 0.3 is 6.09 Å². The van der Waals surface area contributed by atoms with Crippen LogP contribution in [-0.2, 0) is 11.3 Å².